The topological polar surface area (TPSA) is 55.1 Å². The normalized spacial score (nSPS) is 11.0. The van der Waals surface area contributed by atoms with Crippen molar-refractivity contribution < 1.29 is 9.90 Å². The Morgan fingerprint density at radius 3 is 2.67 bits per heavy atom. The van der Waals surface area contributed by atoms with Gasteiger partial charge in [-0.05, 0) is 59.6 Å². The van der Waals surface area contributed by atoms with Crippen LogP contribution >= 0.6 is 15.9 Å². The molecule has 1 N–H and O–H groups in total. The summed E-state index contributed by atoms with van der Waals surface area (Å²) >= 11 is 3.57. The average molecular weight is 345 g/mol. The van der Waals surface area contributed by atoms with Crippen molar-refractivity contribution in [3.8, 4) is 5.69 Å². The molecule has 106 valence electrons. The van der Waals surface area contributed by atoms with Gasteiger partial charge in [-0.3, -0.25) is 4.57 Å². The fraction of sp³-hybridized carbons (Fsp3) is 0.125. The zero-order valence-corrected chi connectivity index (χ0v) is 13.2. The highest BCUT2D eigenvalue weighted by atomic mass is 79.9. The monoisotopic (exact) mass is 344 g/mol. The first kappa shape index (κ1) is 13.8. The molecule has 0 saturated carbocycles. The smallest absolute Gasteiger partial charge is 0.337 e. The summed E-state index contributed by atoms with van der Waals surface area (Å²) in [4.78, 5) is 15.8. The Bertz CT molecular complexity index is 868. The highest BCUT2D eigenvalue weighted by molar-refractivity contribution is 9.10. The molecule has 0 spiro atoms. The molecule has 1 heterocycles. The van der Waals surface area contributed by atoms with E-state index >= 15 is 0 Å². The number of rotatable bonds is 2. The van der Waals surface area contributed by atoms with Gasteiger partial charge in [0.25, 0.3) is 0 Å². The van der Waals surface area contributed by atoms with Crippen molar-refractivity contribution in [3.05, 3.63) is 57.8 Å². The number of aromatic carboxylic acids is 1. The summed E-state index contributed by atoms with van der Waals surface area (Å²) in [5.74, 6) is -0.212. The Hall–Kier alpha value is -2.14. The molecule has 5 heteroatoms. The third kappa shape index (κ3) is 2.23. The minimum absolute atomic E-state index is 0.220. The molecule has 0 unspecified atom stereocenters. The summed E-state index contributed by atoms with van der Waals surface area (Å²) in [5.41, 5.74) is 3.62. The summed E-state index contributed by atoms with van der Waals surface area (Å²) < 4.78 is 2.91. The van der Waals surface area contributed by atoms with Crippen LogP contribution in [-0.2, 0) is 0 Å². The number of hydrogen-bond donors (Lipinski definition) is 1. The quantitative estimate of drug-likeness (QED) is 0.761. The van der Waals surface area contributed by atoms with Crippen molar-refractivity contribution in [3.63, 3.8) is 0 Å². The molecule has 21 heavy (non-hydrogen) atoms. The first-order valence-electron chi connectivity index (χ1n) is 6.47. The minimum Gasteiger partial charge on any atom is -0.478 e. The van der Waals surface area contributed by atoms with Crippen molar-refractivity contribution in [2.24, 2.45) is 0 Å². The molecule has 0 saturated heterocycles. The predicted octanol–water partition coefficient (Wildman–Crippen LogP) is 4.10. The molecule has 0 aliphatic carbocycles. The van der Waals surface area contributed by atoms with Crippen LogP contribution in [0.4, 0.5) is 0 Å². The van der Waals surface area contributed by atoms with Gasteiger partial charge in [0.15, 0.2) is 0 Å². The number of carboxylic acids is 1. The number of hydrogen-bond acceptors (Lipinski definition) is 2. The average Bonchev–Trinajstić information content (AvgIpc) is 2.74. The van der Waals surface area contributed by atoms with Gasteiger partial charge in [-0.25, -0.2) is 9.78 Å². The van der Waals surface area contributed by atoms with Crippen molar-refractivity contribution in [2.45, 2.75) is 13.8 Å². The number of imidazole rings is 1. The fourth-order valence-corrected chi connectivity index (χ4v) is 3.16. The van der Waals surface area contributed by atoms with E-state index in [-0.39, 0.29) is 5.56 Å². The van der Waals surface area contributed by atoms with Crippen LogP contribution in [0.5, 0.6) is 0 Å². The highest BCUT2D eigenvalue weighted by Gasteiger charge is 2.17. The molecule has 0 atom stereocenters. The second-order valence-corrected chi connectivity index (χ2v) is 5.78. The molecule has 3 aromatic rings. The predicted molar refractivity (Wildman–Crippen MR) is 85.2 cm³/mol. The lowest BCUT2D eigenvalue weighted by molar-refractivity contribution is 0.0699. The lowest BCUT2D eigenvalue weighted by Crippen LogP contribution is -1.99. The maximum Gasteiger partial charge on any atom is 0.337 e. The van der Waals surface area contributed by atoms with E-state index in [9.17, 15) is 9.90 Å². The van der Waals surface area contributed by atoms with Crippen LogP contribution in [0.1, 0.15) is 21.7 Å². The number of nitrogens with zero attached hydrogens (tertiary/aromatic N) is 2. The number of carbonyl (C=O) groups is 1. The van der Waals surface area contributed by atoms with Crippen LogP contribution in [0.2, 0.25) is 0 Å². The van der Waals surface area contributed by atoms with Gasteiger partial charge < -0.3 is 5.11 Å². The van der Waals surface area contributed by atoms with Crippen molar-refractivity contribution in [1.82, 2.24) is 9.55 Å². The molecule has 2 aromatic carbocycles. The van der Waals surface area contributed by atoms with Crippen LogP contribution in [0.3, 0.4) is 0 Å². The van der Waals surface area contributed by atoms with Crippen molar-refractivity contribution in [2.75, 3.05) is 0 Å². The largest absolute Gasteiger partial charge is 0.478 e. The number of para-hydroxylation sites is 1. The SMILES string of the molecule is Cc1ccc(-n2c(C)nc3c(C(=O)O)cccc32)c(Br)c1. The Kier molecular flexibility index (Phi) is 3.29. The van der Waals surface area contributed by atoms with E-state index in [1.165, 1.54) is 0 Å². The molecular formula is C16H13BrN2O2. The number of aryl methyl sites for hydroxylation is 2. The van der Waals surface area contributed by atoms with Crippen molar-refractivity contribution >= 4 is 32.9 Å². The number of fused-ring (bicyclic) bond motifs is 1. The Balaban J connectivity index is 2.36. The van der Waals surface area contributed by atoms with E-state index in [2.05, 4.69) is 20.9 Å². The summed E-state index contributed by atoms with van der Waals surface area (Å²) in [7, 11) is 0. The maximum absolute atomic E-state index is 11.3. The van der Waals surface area contributed by atoms with Crippen molar-refractivity contribution in [1.29, 1.82) is 0 Å². The summed E-state index contributed by atoms with van der Waals surface area (Å²) in [6.07, 6.45) is 0. The third-order valence-corrected chi connectivity index (χ3v) is 4.06. The van der Waals surface area contributed by atoms with E-state index in [4.69, 9.17) is 0 Å². The molecule has 4 nitrogen and oxygen atoms in total. The molecule has 0 bridgehead atoms. The number of aromatic nitrogens is 2. The Labute approximate surface area is 130 Å². The van der Waals surface area contributed by atoms with Gasteiger partial charge in [0.1, 0.15) is 11.3 Å². The van der Waals surface area contributed by atoms with Crippen LogP contribution in [0.15, 0.2) is 40.9 Å². The van der Waals surface area contributed by atoms with Gasteiger partial charge in [-0.2, -0.15) is 0 Å². The number of halogens is 1. The van der Waals surface area contributed by atoms with Gasteiger partial charge in [-0.1, -0.05) is 12.1 Å². The number of benzene rings is 2. The Morgan fingerprint density at radius 2 is 2.00 bits per heavy atom. The van der Waals surface area contributed by atoms with Gasteiger partial charge >= 0.3 is 5.97 Å². The van der Waals surface area contributed by atoms with E-state index in [0.717, 1.165) is 27.1 Å². The first-order chi connectivity index (χ1) is 9.99. The van der Waals surface area contributed by atoms with Crippen LogP contribution < -0.4 is 0 Å². The Morgan fingerprint density at radius 1 is 1.24 bits per heavy atom. The van der Waals surface area contributed by atoms with E-state index in [1.807, 2.05) is 42.7 Å². The molecular weight excluding hydrogens is 332 g/mol. The van der Waals surface area contributed by atoms with Crippen LogP contribution in [-0.4, -0.2) is 20.6 Å². The summed E-state index contributed by atoms with van der Waals surface area (Å²) in [6, 6.07) is 11.3. The third-order valence-electron chi connectivity index (χ3n) is 3.43. The molecule has 0 fully saturated rings. The van der Waals surface area contributed by atoms with E-state index in [0.29, 0.717) is 5.52 Å². The molecule has 0 radical (unpaired) electrons. The fourth-order valence-electron chi connectivity index (χ4n) is 2.49. The van der Waals surface area contributed by atoms with Gasteiger partial charge in [0, 0.05) is 4.47 Å². The van der Waals surface area contributed by atoms with Crippen LogP contribution in [0.25, 0.3) is 16.7 Å². The van der Waals surface area contributed by atoms with Gasteiger partial charge in [-0.15, -0.1) is 0 Å². The zero-order valence-electron chi connectivity index (χ0n) is 11.6. The van der Waals surface area contributed by atoms with Gasteiger partial charge in [0.2, 0.25) is 0 Å². The minimum atomic E-state index is -0.965. The molecule has 1 aromatic heterocycles. The first-order valence-corrected chi connectivity index (χ1v) is 7.26. The second kappa shape index (κ2) is 5.00. The van der Waals surface area contributed by atoms with Crippen LogP contribution in [0, 0.1) is 13.8 Å². The molecule has 0 amide bonds. The number of carboxylic acid groups (broad SMARTS) is 1. The summed E-state index contributed by atoms with van der Waals surface area (Å²) in [5, 5.41) is 9.29. The van der Waals surface area contributed by atoms with E-state index < -0.39 is 5.97 Å². The standard InChI is InChI=1S/C16H13BrN2O2/c1-9-6-7-13(12(17)8-9)19-10(2)18-15-11(16(20)21)4-3-5-14(15)19/h3-8H,1-2H3,(H,20,21). The lowest BCUT2D eigenvalue weighted by Gasteiger charge is -2.10. The molecule has 0 aliphatic rings. The highest BCUT2D eigenvalue weighted by Crippen LogP contribution is 2.29. The lowest BCUT2D eigenvalue weighted by atomic mass is 10.2. The molecule has 0 aliphatic heterocycles. The maximum atomic E-state index is 11.3. The van der Waals surface area contributed by atoms with E-state index in [1.54, 1.807) is 12.1 Å². The second-order valence-electron chi connectivity index (χ2n) is 4.93. The summed E-state index contributed by atoms with van der Waals surface area (Å²) in [6.45, 7) is 3.90. The zero-order chi connectivity index (χ0) is 15.1. The van der Waals surface area contributed by atoms with Gasteiger partial charge in [0.05, 0.1) is 16.8 Å². The molecule has 3 rings (SSSR count).